The first-order chi connectivity index (χ1) is 19.0. The van der Waals surface area contributed by atoms with E-state index in [9.17, 15) is 14.4 Å². The summed E-state index contributed by atoms with van der Waals surface area (Å²) in [5, 5.41) is 3.59. The topological polar surface area (TPSA) is 103 Å². The molecule has 1 aliphatic heterocycles. The van der Waals surface area contributed by atoms with E-state index in [-0.39, 0.29) is 24.4 Å². The predicted molar refractivity (Wildman–Crippen MR) is 152 cm³/mol. The normalized spacial score (nSPS) is 17.3. The molecule has 3 aromatic rings. The molecular formula is C30H35ClN4O5. The number of imidazole rings is 1. The quantitative estimate of drug-likeness (QED) is 0.366. The number of rotatable bonds is 7. The molecule has 0 spiro atoms. The molecule has 9 nitrogen and oxygen atoms in total. The van der Waals surface area contributed by atoms with Gasteiger partial charge in [0.25, 0.3) is 5.91 Å². The van der Waals surface area contributed by atoms with Gasteiger partial charge >= 0.3 is 12.1 Å². The maximum absolute atomic E-state index is 13.2. The molecule has 1 aliphatic rings. The van der Waals surface area contributed by atoms with E-state index in [1.807, 2.05) is 51.1 Å². The smallest absolute Gasteiger partial charge is 0.410 e. The minimum atomic E-state index is -0.630. The summed E-state index contributed by atoms with van der Waals surface area (Å²) in [7, 11) is 0. The zero-order valence-corrected chi connectivity index (χ0v) is 24.0. The fraction of sp³-hybridized carbons (Fsp3) is 0.400. The minimum absolute atomic E-state index is 0.275. The van der Waals surface area contributed by atoms with Crippen molar-refractivity contribution in [2.45, 2.75) is 52.2 Å². The number of halogens is 1. The van der Waals surface area contributed by atoms with Crippen LogP contribution in [-0.4, -0.2) is 57.7 Å². The van der Waals surface area contributed by atoms with Crippen LogP contribution in [0.4, 0.5) is 10.5 Å². The summed E-state index contributed by atoms with van der Waals surface area (Å²) in [6.07, 6.45) is 3.16. The van der Waals surface area contributed by atoms with Crippen molar-refractivity contribution in [3.05, 3.63) is 82.9 Å². The van der Waals surface area contributed by atoms with Crippen LogP contribution in [0.5, 0.6) is 0 Å². The van der Waals surface area contributed by atoms with E-state index in [0.29, 0.717) is 42.5 Å². The monoisotopic (exact) mass is 566 g/mol. The third kappa shape index (κ3) is 7.41. The molecule has 1 aromatic heterocycles. The summed E-state index contributed by atoms with van der Waals surface area (Å²) in [5.41, 5.74) is 2.14. The van der Waals surface area contributed by atoms with Crippen LogP contribution in [0.3, 0.4) is 0 Å². The number of carbonyl (C=O) groups is 3. The van der Waals surface area contributed by atoms with Gasteiger partial charge in [-0.25, -0.2) is 9.78 Å². The van der Waals surface area contributed by atoms with Gasteiger partial charge in [0.1, 0.15) is 11.3 Å². The number of amides is 2. The van der Waals surface area contributed by atoms with Gasteiger partial charge in [0.15, 0.2) is 0 Å². The van der Waals surface area contributed by atoms with Crippen molar-refractivity contribution in [1.82, 2.24) is 14.5 Å². The van der Waals surface area contributed by atoms with Crippen molar-refractivity contribution in [3.8, 4) is 0 Å². The summed E-state index contributed by atoms with van der Waals surface area (Å²) < 4.78 is 12.7. The highest BCUT2D eigenvalue weighted by Crippen LogP contribution is 2.35. The molecule has 2 atom stereocenters. The molecule has 1 fully saturated rings. The van der Waals surface area contributed by atoms with Crippen molar-refractivity contribution < 1.29 is 23.9 Å². The van der Waals surface area contributed by atoms with Crippen molar-refractivity contribution in [3.63, 3.8) is 0 Å². The molecule has 4 rings (SSSR count). The molecule has 2 aromatic carbocycles. The molecule has 0 saturated carbocycles. The lowest BCUT2D eigenvalue weighted by atomic mass is 9.80. The molecule has 40 heavy (non-hydrogen) atoms. The van der Waals surface area contributed by atoms with Crippen LogP contribution in [-0.2, 0) is 20.8 Å². The fourth-order valence-electron chi connectivity index (χ4n) is 4.78. The second kappa shape index (κ2) is 12.6. The standard InChI is InChI=1S/C30H35ClN4O5/c1-5-39-28(37)24-13-14-34(29(38)40-30(2,3)4)18-25(24)21-7-6-8-23(15-21)33-27(36)26-16-32-19-35(26)17-20-9-11-22(31)12-10-20/h6-12,15-16,19,24-25H,5,13-14,17-18H2,1-4H3,(H,33,36)/t24-,25+/m1/s1. The Bertz CT molecular complexity index is 1350. The van der Waals surface area contributed by atoms with Crippen LogP contribution in [0.2, 0.25) is 5.02 Å². The summed E-state index contributed by atoms with van der Waals surface area (Å²) >= 11 is 5.99. The first kappa shape index (κ1) is 29.1. The SMILES string of the molecule is CCOC(=O)[C@@H]1CCN(C(=O)OC(C)(C)C)C[C@H]1c1cccc(NC(=O)c2cncn2Cc2ccc(Cl)cc2)c1. The number of piperidine rings is 1. The van der Waals surface area contributed by atoms with E-state index in [4.69, 9.17) is 21.1 Å². The molecule has 0 bridgehead atoms. The van der Waals surface area contributed by atoms with Crippen molar-refractivity contribution >= 4 is 35.3 Å². The summed E-state index contributed by atoms with van der Waals surface area (Å²) in [6, 6.07) is 14.8. The fourth-order valence-corrected chi connectivity index (χ4v) is 4.90. The Hall–Kier alpha value is -3.85. The lowest BCUT2D eigenvalue weighted by molar-refractivity contribution is -0.150. The van der Waals surface area contributed by atoms with Gasteiger partial charge in [-0.15, -0.1) is 0 Å². The zero-order valence-electron chi connectivity index (χ0n) is 23.2. The van der Waals surface area contributed by atoms with E-state index in [2.05, 4.69) is 10.3 Å². The highest BCUT2D eigenvalue weighted by Gasteiger charge is 2.39. The van der Waals surface area contributed by atoms with E-state index < -0.39 is 17.6 Å². The predicted octanol–water partition coefficient (Wildman–Crippen LogP) is 5.74. The van der Waals surface area contributed by atoms with Crippen molar-refractivity contribution in [1.29, 1.82) is 0 Å². The van der Waals surface area contributed by atoms with Crippen LogP contribution in [0.25, 0.3) is 0 Å². The van der Waals surface area contributed by atoms with Crippen LogP contribution < -0.4 is 5.32 Å². The molecule has 212 valence electrons. The Labute approximate surface area is 239 Å². The number of nitrogens with one attached hydrogen (secondary N) is 1. The Kier molecular flexibility index (Phi) is 9.14. The molecule has 2 heterocycles. The second-order valence-electron chi connectivity index (χ2n) is 10.8. The number of anilines is 1. The van der Waals surface area contributed by atoms with E-state index in [0.717, 1.165) is 11.1 Å². The van der Waals surface area contributed by atoms with Gasteiger partial charge in [0, 0.05) is 36.3 Å². The molecule has 1 saturated heterocycles. The molecule has 0 aliphatic carbocycles. The van der Waals surface area contributed by atoms with Crippen LogP contribution in [0, 0.1) is 5.92 Å². The third-order valence-electron chi connectivity index (χ3n) is 6.64. The van der Waals surface area contributed by atoms with E-state index in [1.54, 1.807) is 40.9 Å². The average Bonchev–Trinajstić information content (AvgIpc) is 3.37. The van der Waals surface area contributed by atoms with E-state index >= 15 is 0 Å². The maximum atomic E-state index is 13.2. The first-order valence-electron chi connectivity index (χ1n) is 13.3. The van der Waals surface area contributed by atoms with Gasteiger partial charge in [0.2, 0.25) is 0 Å². The maximum Gasteiger partial charge on any atom is 0.410 e. The number of hydrogen-bond acceptors (Lipinski definition) is 6. The number of likely N-dealkylation sites (tertiary alicyclic amines) is 1. The number of nitrogens with zero attached hydrogens (tertiary/aromatic N) is 3. The Morgan fingerprint density at radius 2 is 1.88 bits per heavy atom. The molecule has 1 N–H and O–H groups in total. The number of ether oxygens (including phenoxy) is 2. The number of benzene rings is 2. The highest BCUT2D eigenvalue weighted by molar-refractivity contribution is 6.30. The van der Waals surface area contributed by atoms with Crippen LogP contribution in [0.15, 0.2) is 61.1 Å². The Morgan fingerprint density at radius 1 is 1.12 bits per heavy atom. The van der Waals surface area contributed by atoms with E-state index in [1.165, 1.54) is 6.20 Å². The van der Waals surface area contributed by atoms with Gasteiger partial charge in [-0.2, -0.15) is 0 Å². The van der Waals surface area contributed by atoms with Crippen LogP contribution in [0.1, 0.15) is 61.6 Å². The van der Waals surface area contributed by atoms with Crippen molar-refractivity contribution in [2.24, 2.45) is 5.92 Å². The van der Waals surface area contributed by atoms with Crippen molar-refractivity contribution in [2.75, 3.05) is 25.0 Å². The molecule has 0 unspecified atom stereocenters. The first-order valence-corrected chi connectivity index (χ1v) is 13.7. The summed E-state index contributed by atoms with van der Waals surface area (Å²) in [5.74, 6) is -1.36. The summed E-state index contributed by atoms with van der Waals surface area (Å²) in [4.78, 5) is 44.7. The van der Waals surface area contributed by atoms with Gasteiger partial charge < -0.3 is 24.3 Å². The highest BCUT2D eigenvalue weighted by atomic mass is 35.5. The molecule has 0 radical (unpaired) electrons. The zero-order chi connectivity index (χ0) is 28.9. The van der Waals surface area contributed by atoms with Gasteiger partial charge in [-0.3, -0.25) is 9.59 Å². The number of aromatic nitrogens is 2. The summed E-state index contributed by atoms with van der Waals surface area (Å²) in [6.45, 7) is 8.66. The molecule has 10 heteroatoms. The minimum Gasteiger partial charge on any atom is -0.466 e. The Balaban J connectivity index is 1.53. The number of hydrogen-bond donors (Lipinski definition) is 1. The molecule has 2 amide bonds. The second-order valence-corrected chi connectivity index (χ2v) is 11.2. The lowest BCUT2D eigenvalue weighted by Crippen LogP contribution is -2.47. The number of carbonyl (C=O) groups excluding carboxylic acids is 3. The van der Waals surface area contributed by atoms with Gasteiger partial charge in [0.05, 0.1) is 25.0 Å². The molecular weight excluding hydrogens is 532 g/mol. The number of esters is 1. The van der Waals surface area contributed by atoms with Gasteiger partial charge in [-0.05, 0) is 69.5 Å². The van der Waals surface area contributed by atoms with Gasteiger partial charge in [-0.1, -0.05) is 35.9 Å². The van der Waals surface area contributed by atoms with Crippen LogP contribution >= 0.6 is 11.6 Å². The Morgan fingerprint density at radius 3 is 2.58 bits per heavy atom. The largest absolute Gasteiger partial charge is 0.466 e. The average molecular weight is 567 g/mol. The third-order valence-corrected chi connectivity index (χ3v) is 6.89. The lowest BCUT2D eigenvalue weighted by Gasteiger charge is -2.38.